The Hall–Kier alpha value is -2.24. The van der Waals surface area contributed by atoms with Crippen LogP contribution in [0.15, 0.2) is 29.3 Å². The van der Waals surface area contributed by atoms with Crippen molar-refractivity contribution in [2.24, 2.45) is 4.99 Å². The maximum absolute atomic E-state index is 12.7. The fraction of sp³-hybridized carbons (Fsp3) is 0.250. The highest BCUT2D eigenvalue weighted by Crippen LogP contribution is 2.13. The number of hydrogen-bond acceptors (Lipinski definition) is 5. The van der Waals surface area contributed by atoms with E-state index in [-0.39, 0.29) is 12.1 Å². The molecule has 0 heterocycles. The van der Waals surface area contributed by atoms with Crippen LogP contribution in [0.25, 0.3) is 0 Å². The van der Waals surface area contributed by atoms with Crippen LogP contribution < -0.4 is 0 Å². The van der Waals surface area contributed by atoms with Crippen molar-refractivity contribution in [2.75, 3.05) is 14.2 Å². The van der Waals surface area contributed by atoms with E-state index in [1.165, 1.54) is 38.5 Å². The van der Waals surface area contributed by atoms with E-state index in [0.29, 0.717) is 5.69 Å². The molecule has 0 fully saturated rings. The number of benzene rings is 1. The SMILES string of the molecule is COC(=O)CC(=Nc1ccc(F)cc1)C(=O)OC. The van der Waals surface area contributed by atoms with Gasteiger partial charge in [-0.1, -0.05) is 0 Å². The first-order valence-electron chi connectivity index (χ1n) is 5.05. The molecular weight excluding hydrogens is 241 g/mol. The van der Waals surface area contributed by atoms with Crippen LogP contribution in [-0.4, -0.2) is 31.9 Å². The van der Waals surface area contributed by atoms with Crippen molar-refractivity contribution in [2.45, 2.75) is 6.42 Å². The average Bonchev–Trinajstić information content (AvgIpc) is 2.39. The molecule has 0 aliphatic rings. The van der Waals surface area contributed by atoms with Crippen LogP contribution in [0.1, 0.15) is 6.42 Å². The minimum atomic E-state index is -0.732. The fourth-order valence-corrected chi connectivity index (χ4v) is 1.16. The predicted octanol–water partition coefficient (Wildman–Crippen LogP) is 1.63. The van der Waals surface area contributed by atoms with Gasteiger partial charge in [-0.3, -0.25) is 4.79 Å². The summed E-state index contributed by atoms with van der Waals surface area (Å²) >= 11 is 0. The van der Waals surface area contributed by atoms with Crippen LogP contribution in [0.5, 0.6) is 0 Å². The van der Waals surface area contributed by atoms with Gasteiger partial charge in [-0.25, -0.2) is 14.2 Å². The van der Waals surface area contributed by atoms with E-state index >= 15 is 0 Å². The first-order valence-corrected chi connectivity index (χ1v) is 5.05. The van der Waals surface area contributed by atoms with Crippen molar-refractivity contribution >= 4 is 23.3 Å². The highest BCUT2D eigenvalue weighted by atomic mass is 19.1. The maximum Gasteiger partial charge on any atom is 0.353 e. The predicted molar refractivity (Wildman–Crippen MR) is 62.1 cm³/mol. The molecule has 0 amide bonds. The normalized spacial score (nSPS) is 10.9. The molecule has 1 rings (SSSR count). The van der Waals surface area contributed by atoms with Gasteiger partial charge < -0.3 is 9.47 Å². The highest BCUT2D eigenvalue weighted by Gasteiger charge is 2.16. The van der Waals surface area contributed by atoms with Crippen LogP contribution in [0.3, 0.4) is 0 Å². The first kappa shape index (κ1) is 13.8. The van der Waals surface area contributed by atoms with Gasteiger partial charge >= 0.3 is 11.9 Å². The number of methoxy groups -OCH3 is 2. The molecule has 0 saturated carbocycles. The molecule has 0 aliphatic carbocycles. The smallest absolute Gasteiger partial charge is 0.353 e. The van der Waals surface area contributed by atoms with Gasteiger partial charge in [0.15, 0.2) is 0 Å². The Morgan fingerprint density at radius 3 is 2.28 bits per heavy atom. The van der Waals surface area contributed by atoms with Crippen molar-refractivity contribution in [1.82, 2.24) is 0 Å². The molecule has 1 aromatic rings. The van der Waals surface area contributed by atoms with Crippen molar-refractivity contribution in [1.29, 1.82) is 0 Å². The Morgan fingerprint density at radius 1 is 1.17 bits per heavy atom. The molecule has 96 valence electrons. The molecule has 0 spiro atoms. The molecule has 5 nitrogen and oxygen atoms in total. The van der Waals surface area contributed by atoms with Crippen LogP contribution in [-0.2, 0) is 19.1 Å². The lowest BCUT2D eigenvalue weighted by Crippen LogP contribution is -2.20. The summed E-state index contributed by atoms with van der Waals surface area (Å²) in [5, 5.41) is 0. The lowest BCUT2D eigenvalue weighted by Gasteiger charge is -2.03. The molecule has 0 radical (unpaired) electrons. The van der Waals surface area contributed by atoms with Gasteiger partial charge in [0, 0.05) is 0 Å². The summed E-state index contributed by atoms with van der Waals surface area (Å²) in [6.07, 6.45) is -0.305. The third kappa shape index (κ3) is 3.97. The minimum absolute atomic E-state index is 0.101. The summed E-state index contributed by atoms with van der Waals surface area (Å²) in [4.78, 5) is 26.4. The first-order chi connectivity index (χ1) is 8.56. The number of hydrogen-bond donors (Lipinski definition) is 0. The van der Waals surface area contributed by atoms with E-state index in [4.69, 9.17) is 0 Å². The Bertz CT molecular complexity index is 467. The van der Waals surface area contributed by atoms with Crippen molar-refractivity contribution in [3.8, 4) is 0 Å². The largest absolute Gasteiger partial charge is 0.469 e. The molecule has 18 heavy (non-hydrogen) atoms. The average molecular weight is 253 g/mol. The molecule has 0 aromatic heterocycles. The van der Waals surface area contributed by atoms with Gasteiger partial charge in [-0.15, -0.1) is 0 Å². The van der Waals surface area contributed by atoms with E-state index < -0.39 is 17.8 Å². The Kier molecular flexibility index (Phi) is 4.98. The number of nitrogens with zero attached hydrogens (tertiary/aromatic N) is 1. The minimum Gasteiger partial charge on any atom is -0.469 e. The topological polar surface area (TPSA) is 65.0 Å². The maximum atomic E-state index is 12.7. The molecule has 0 bridgehead atoms. The lowest BCUT2D eigenvalue weighted by atomic mass is 10.2. The van der Waals surface area contributed by atoms with Crippen LogP contribution in [0.2, 0.25) is 0 Å². The zero-order valence-electron chi connectivity index (χ0n) is 9.97. The highest BCUT2D eigenvalue weighted by molar-refractivity contribution is 6.39. The summed E-state index contributed by atoms with van der Waals surface area (Å²) in [5.41, 5.74) is 0.247. The number of ether oxygens (including phenoxy) is 2. The van der Waals surface area contributed by atoms with Crippen molar-refractivity contribution < 1.29 is 23.5 Å². The summed E-state index contributed by atoms with van der Waals surface area (Å²) < 4.78 is 21.6. The molecular formula is C12H12FNO4. The standard InChI is InChI=1S/C12H12FNO4/c1-17-11(15)7-10(12(16)18-2)14-9-5-3-8(13)4-6-9/h3-6H,7H2,1-2H3. The van der Waals surface area contributed by atoms with E-state index in [0.717, 1.165) is 0 Å². The summed E-state index contributed by atoms with van der Waals surface area (Å²) in [7, 11) is 2.38. The monoisotopic (exact) mass is 253 g/mol. The summed E-state index contributed by atoms with van der Waals surface area (Å²) in [6, 6.07) is 5.17. The Labute approximate surface area is 103 Å². The Morgan fingerprint density at radius 2 is 1.78 bits per heavy atom. The van der Waals surface area contributed by atoms with E-state index in [1.807, 2.05) is 0 Å². The van der Waals surface area contributed by atoms with Crippen LogP contribution in [0, 0.1) is 5.82 Å². The van der Waals surface area contributed by atoms with Gasteiger partial charge in [0.25, 0.3) is 0 Å². The molecule has 0 unspecified atom stereocenters. The second kappa shape index (κ2) is 6.48. The number of aliphatic imine (C=N–C) groups is 1. The van der Waals surface area contributed by atoms with E-state index in [9.17, 15) is 14.0 Å². The molecule has 0 saturated heterocycles. The number of halogens is 1. The third-order valence-corrected chi connectivity index (χ3v) is 2.05. The van der Waals surface area contributed by atoms with Gasteiger partial charge in [0.2, 0.25) is 0 Å². The molecule has 0 atom stereocenters. The van der Waals surface area contributed by atoms with E-state index in [1.54, 1.807) is 0 Å². The zero-order valence-corrected chi connectivity index (χ0v) is 9.97. The zero-order chi connectivity index (χ0) is 13.5. The third-order valence-electron chi connectivity index (χ3n) is 2.05. The van der Waals surface area contributed by atoms with E-state index in [2.05, 4.69) is 14.5 Å². The second-order valence-electron chi connectivity index (χ2n) is 3.28. The summed E-state index contributed by atoms with van der Waals surface area (Å²) in [6.45, 7) is 0. The van der Waals surface area contributed by atoms with Gasteiger partial charge in [-0.2, -0.15) is 0 Å². The molecule has 0 aliphatic heterocycles. The molecule has 6 heteroatoms. The van der Waals surface area contributed by atoms with Crippen molar-refractivity contribution in [3.63, 3.8) is 0 Å². The van der Waals surface area contributed by atoms with Gasteiger partial charge in [-0.05, 0) is 24.3 Å². The number of rotatable bonds is 4. The number of carbonyl (C=O) groups excluding carboxylic acids is 2. The summed E-state index contributed by atoms with van der Waals surface area (Å²) in [5.74, 6) is -1.76. The quantitative estimate of drug-likeness (QED) is 0.604. The number of esters is 2. The molecule has 0 N–H and O–H groups in total. The second-order valence-corrected chi connectivity index (χ2v) is 3.28. The number of carbonyl (C=O) groups is 2. The van der Waals surface area contributed by atoms with Gasteiger partial charge in [0.1, 0.15) is 11.5 Å². The molecule has 1 aromatic carbocycles. The van der Waals surface area contributed by atoms with Crippen molar-refractivity contribution in [3.05, 3.63) is 30.1 Å². The fourth-order valence-electron chi connectivity index (χ4n) is 1.16. The van der Waals surface area contributed by atoms with Crippen LogP contribution in [0.4, 0.5) is 10.1 Å². The van der Waals surface area contributed by atoms with Gasteiger partial charge in [0.05, 0.1) is 26.3 Å². The Balaban J connectivity index is 2.98. The van der Waals surface area contributed by atoms with Crippen LogP contribution >= 0.6 is 0 Å². The lowest BCUT2D eigenvalue weighted by molar-refractivity contribution is -0.140.